The third kappa shape index (κ3) is 50.1. The highest BCUT2D eigenvalue weighted by molar-refractivity contribution is 5.76. The van der Waals surface area contributed by atoms with E-state index in [0.717, 1.165) is 25.7 Å². The molecule has 0 heterocycles. The lowest BCUT2D eigenvalue weighted by Crippen LogP contribution is -2.45. The fraction of sp³-hybridized carbons (Fsp3) is 0.914. The van der Waals surface area contributed by atoms with Crippen LogP contribution in [0.15, 0.2) is 24.3 Å². The van der Waals surface area contributed by atoms with Gasteiger partial charge in [-0.3, -0.25) is 4.79 Å². The van der Waals surface area contributed by atoms with Gasteiger partial charge in [-0.15, -0.1) is 0 Å². The average molecular weight is 889 g/mol. The van der Waals surface area contributed by atoms with Crippen molar-refractivity contribution in [3.8, 4) is 0 Å². The predicted octanol–water partition coefficient (Wildman–Crippen LogP) is 17.7. The Morgan fingerprint density at radius 1 is 0.397 bits per heavy atom. The van der Waals surface area contributed by atoms with Crippen LogP contribution in [0.5, 0.6) is 0 Å². The molecular formula is C58H113NO4. The highest BCUT2D eigenvalue weighted by Crippen LogP contribution is 2.18. The fourth-order valence-electron chi connectivity index (χ4n) is 9.10. The minimum atomic E-state index is -0.930. The fourth-order valence-corrected chi connectivity index (χ4v) is 9.10. The molecule has 0 rings (SSSR count). The van der Waals surface area contributed by atoms with Crippen molar-refractivity contribution in [2.24, 2.45) is 0 Å². The number of rotatable bonds is 53. The van der Waals surface area contributed by atoms with Crippen LogP contribution >= 0.6 is 0 Å². The molecule has 3 unspecified atom stereocenters. The maximum atomic E-state index is 12.5. The molecule has 3 atom stereocenters. The number of unbranched alkanes of at least 4 members (excludes halogenated alkanes) is 42. The summed E-state index contributed by atoms with van der Waals surface area (Å²) in [6.45, 7) is 4.25. The number of aliphatic hydroxyl groups excluding tert-OH is 3. The summed E-state index contributed by atoms with van der Waals surface area (Å²) in [5.74, 6) is -0.313. The molecule has 5 nitrogen and oxygen atoms in total. The van der Waals surface area contributed by atoms with Gasteiger partial charge in [-0.2, -0.15) is 0 Å². The number of hydrogen-bond acceptors (Lipinski definition) is 4. The first-order valence-electron chi connectivity index (χ1n) is 28.6. The van der Waals surface area contributed by atoms with Crippen molar-refractivity contribution in [3.63, 3.8) is 0 Å². The van der Waals surface area contributed by atoms with E-state index in [1.54, 1.807) is 6.08 Å². The van der Waals surface area contributed by atoms with Gasteiger partial charge in [0.25, 0.3) is 0 Å². The number of allylic oxidation sites excluding steroid dienone is 3. The second-order valence-electron chi connectivity index (χ2n) is 19.9. The second kappa shape index (κ2) is 53.4. The van der Waals surface area contributed by atoms with Crippen LogP contribution < -0.4 is 5.32 Å². The van der Waals surface area contributed by atoms with E-state index in [0.29, 0.717) is 6.42 Å². The third-order valence-corrected chi connectivity index (χ3v) is 13.5. The molecule has 63 heavy (non-hydrogen) atoms. The molecule has 0 saturated heterocycles. The third-order valence-electron chi connectivity index (χ3n) is 13.5. The topological polar surface area (TPSA) is 89.8 Å². The molecule has 5 heteroatoms. The van der Waals surface area contributed by atoms with E-state index in [1.165, 1.54) is 263 Å². The van der Waals surface area contributed by atoms with Gasteiger partial charge in [0.05, 0.1) is 31.3 Å². The van der Waals surface area contributed by atoms with Gasteiger partial charge in [-0.25, -0.2) is 0 Å². The number of nitrogens with one attached hydrogen (secondary N) is 1. The Balaban J connectivity index is 3.56. The molecule has 0 aromatic heterocycles. The average Bonchev–Trinajstić information content (AvgIpc) is 3.28. The van der Waals surface area contributed by atoms with E-state index >= 15 is 0 Å². The molecule has 0 saturated carbocycles. The van der Waals surface area contributed by atoms with Crippen LogP contribution in [0.3, 0.4) is 0 Å². The molecular weight excluding hydrogens is 775 g/mol. The molecule has 1 amide bonds. The van der Waals surface area contributed by atoms with Gasteiger partial charge < -0.3 is 20.6 Å². The van der Waals surface area contributed by atoms with Crippen molar-refractivity contribution in [1.29, 1.82) is 0 Å². The summed E-state index contributed by atoms with van der Waals surface area (Å²) in [5, 5.41) is 33.5. The Labute approximate surface area is 394 Å². The van der Waals surface area contributed by atoms with Crippen molar-refractivity contribution in [2.75, 3.05) is 6.61 Å². The molecule has 0 bridgehead atoms. The van der Waals surface area contributed by atoms with Gasteiger partial charge in [-0.1, -0.05) is 289 Å². The van der Waals surface area contributed by atoms with E-state index in [-0.39, 0.29) is 18.9 Å². The first kappa shape index (κ1) is 61.8. The van der Waals surface area contributed by atoms with E-state index in [2.05, 4.69) is 31.3 Å². The highest BCUT2D eigenvalue weighted by atomic mass is 16.3. The lowest BCUT2D eigenvalue weighted by atomic mass is 10.0. The Kier molecular flexibility index (Phi) is 52.5. The zero-order valence-electron chi connectivity index (χ0n) is 42.7. The summed E-state index contributed by atoms with van der Waals surface area (Å²) in [7, 11) is 0. The standard InChI is InChI=1S/C58H113NO4/c1-3-5-7-9-11-13-15-17-19-21-23-25-27-28-30-32-34-36-38-40-42-44-46-48-50-52-57(62)56(54-60)59-58(63)53-55(61)51-49-47-45-43-41-39-37-35-33-31-29-26-24-22-20-18-16-14-12-10-8-6-4-2/h31,33,50,52,55-57,60-62H,3-30,32,34-49,51,53-54H2,1-2H3,(H,59,63)/b33-31-,52-50+. The molecule has 0 spiro atoms. The highest BCUT2D eigenvalue weighted by Gasteiger charge is 2.20. The lowest BCUT2D eigenvalue weighted by molar-refractivity contribution is -0.124. The van der Waals surface area contributed by atoms with Crippen LogP contribution in [0.25, 0.3) is 0 Å². The van der Waals surface area contributed by atoms with Crippen molar-refractivity contribution in [1.82, 2.24) is 5.32 Å². The number of carbonyl (C=O) groups is 1. The molecule has 0 aliphatic carbocycles. The van der Waals surface area contributed by atoms with E-state index in [9.17, 15) is 20.1 Å². The molecule has 0 aliphatic rings. The van der Waals surface area contributed by atoms with Crippen LogP contribution in [0, 0.1) is 0 Å². The van der Waals surface area contributed by atoms with Crippen LogP contribution in [0.1, 0.15) is 316 Å². The lowest BCUT2D eigenvalue weighted by Gasteiger charge is -2.21. The Hall–Kier alpha value is -1.17. The zero-order valence-corrected chi connectivity index (χ0v) is 42.7. The zero-order chi connectivity index (χ0) is 45.8. The number of carbonyl (C=O) groups excluding carboxylic acids is 1. The molecule has 0 aromatic carbocycles. The summed E-state index contributed by atoms with van der Waals surface area (Å²) < 4.78 is 0. The van der Waals surface area contributed by atoms with Gasteiger partial charge in [0, 0.05) is 0 Å². The van der Waals surface area contributed by atoms with Crippen LogP contribution in [-0.4, -0.2) is 46.1 Å². The van der Waals surface area contributed by atoms with Crippen molar-refractivity contribution in [2.45, 2.75) is 334 Å². The first-order valence-corrected chi connectivity index (χ1v) is 28.6. The summed E-state index contributed by atoms with van der Waals surface area (Å²) >= 11 is 0. The molecule has 0 aliphatic heterocycles. The largest absolute Gasteiger partial charge is 0.394 e. The SMILES string of the molecule is CCCCCCCCCCCCCC/C=C\CCCCCCCCCC(O)CC(=O)NC(CO)C(O)/C=C/CCCCCCCCCCCCCCCCCCCCCCCCC. The summed E-state index contributed by atoms with van der Waals surface area (Å²) in [6, 6.07) is -0.745. The van der Waals surface area contributed by atoms with Crippen LogP contribution in [0.2, 0.25) is 0 Å². The molecule has 0 fully saturated rings. The smallest absolute Gasteiger partial charge is 0.222 e. The predicted molar refractivity (Wildman–Crippen MR) is 278 cm³/mol. The number of amides is 1. The summed E-state index contributed by atoms with van der Waals surface area (Å²) in [4.78, 5) is 12.5. The first-order chi connectivity index (χ1) is 31.0. The maximum Gasteiger partial charge on any atom is 0.222 e. The maximum absolute atomic E-state index is 12.5. The van der Waals surface area contributed by atoms with Crippen molar-refractivity contribution < 1.29 is 20.1 Å². The number of aliphatic hydroxyl groups is 3. The monoisotopic (exact) mass is 888 g/mol. The second-order valence-corrected chi connectivity index (χ2v) is 19.9. The Bertz CT molecular complexity index is 936. The molecule has 4 N–H and O–H groups in total. The minimum Gasteiger partial charge on any atom is -0.394 e. The Morgan fingerprint density at radius 3 is 0.968 bits per heavy atom. The molecule has 0 aromatic rings. The normalized spacial score (nSPS) is 13.4. The van der Waals surface area contributed by atoms with E-state index in [4.69, 9.17) is 0 Å². The molecule has 374 valence electrons. The van der Waals surface area contributed by atoms with Crippen LogP contribution in [0.4, 0.5) is 0 Å². The quantitative estimate of drug-likeness (QED) is 0.0362. The van der Waals surface area contributed by atoms with Gasteiger partial charge in [0.1, 0.15) is 0 Å². The van der Waals surface area contributed by atoms with Gasteiger partial charge in [-0.05, 0) is 44.9 Å². The Morgan fingerprint density at radius 2 is 0.667 bits per heavy atom. The van der Waals surface area contributed by atoms with Gasteiger partial charge >= 0.3 is 0 Å². The van der Waals surface area contributed by atoms with Crippen molar-refractivity contribution >= 4 is 5.91 Å². The summed E-state index contributed by atoms with van der Waals surface area (Å²) in [6.07, 6.45) is 68.0. The van der Waals surface area contributed by atoms with E-state index < -0.39 is 18.2 Å². The van der Waals surface area contributed by atoms with Gasteiger partial charge in [0.15, 0.2) is 0 Å². The van der Waals surface area contributed by atoms with Crippen molar-refractivity contribution in [3.05, 3.63) is 24.3 Å². The minimum absolute atomic E-state index is 0.0132. The van der Waals surface area contributed by atoms with Crippen LogP contribution in [-0.2, 0) is 4.79 Å². The van der Waals surface area contributed by atoms with Gasteiger partial charge in [0.2, 0.25) is 5.91 Å². The van der Waals surface area contributed by atoms with E-state index in [1.807, 2.05) is 6.08 Å². The number of hydrogen-bond donors (Lipinski definition) is 4. The molecule has 0 radical (unpaired) electrons. The summed E-state index contributed by atoms with van der Waals surface area (Å²) in [5.41, 5.74) is 0.